The Labute approximate surface area is 167 Å². The summed E-state index contributed by atoms with van der Waals surface area (Å²) < 4.78 is 0. The van der Waals surface area contributed by atoms with Crippen molar-refractivity contribution >= 4 is 11.7 Å². The van der Waals surface area contributed by atoms with Gasteiger partial charge in [0.1, 0.15) is 11.4 Å². The van der Waals surface area contributed by atoms with Gasteiger partial charge in [0, 0.05) is 12.4 Å². The lowest BCUT2D eigenvalue weighted by Gasteiger charge is -2.05. The van der Waals surface area contributed by atoms with Crippen LogP contribution in [0, 0.1) is 5.41 Å². The standard InChI is InChI=1S/C22H17N7/c23-21(19-11-5-9-17(27-19)15-7-1-3-13-25-15)29-22(24)20-12-6-10-18(28-20)16-8-2-4-14-26-16/h1-14H,(H3,23,24,29). The highest BCUT2D eigenvalue weighted by molar-refractivity contribution is 6.08. The van der Waals surface area contributed by atoms with Gasteiger partial charge in [-0.25, -0.2) is 15.0 Å². The Bertz CT molecular complexity index is 1170. The van der Waals surface area contributed by atoms with Crippen LogP contribution >= 0.6 is 0 Å². The minimum absolute atomic E-state index is 0.0506. The molecule has 4 rings (SSSR count). The molecule has 0 saturated carbocycles. The van der Waals surface area contributed by atoms with Gasteiger partial charge >= 0.3 is 0 Å². The Balaban J connectivity index is 1.61. The van der Waals surface area contributed by atoms with Crippen molar-refractivity contribution in [3.05, 3.63) is 96.6 Å². The first-order valence-electron chi connectivity index (χ1n) is 8.91. The van der Waals surface area contributed by atoms with Crippen molar-refractivity contribution in [3.63, 3.8) is 0 Å². The molecule has 0 bridgehead atoms. The fraction of sp³-hybridized carbons (Fsp3) is 0. The van der Waals surface area contributed by atoms with Gasteiger partial charge in [-0.2, -0.15) is 0 Å². The lowest BCUT2D eigenvalue weighted by atomic mass is 10.2. The third kappa shape index (κ3) is 4.19. The van der Waals surface area contributed by atoms with Crippen LogP contribution in [0.15, 0.2) is 90.2 Å². The number of aromatic nitrogens is 4. The summed E-state index contributed by atoms with van der Waals surface area (Å²) in [5, 5.41) is 8.30. The van der Waals surface area contributed by atoms with Crippen LogP contribution in [0.5, 0.6) is 0 Å². The second-order valence-corrected chi connectivity index (χ2v) is 6.09. The first-order valence-corrected chi connectivity index (χ1v) is 8.91. The lowest BCUT2D eigenvalue weighted by molar-refractivity contribution is 1.20. The Hall–Kier alpha value is -4.26. The fourth-order valence-corrected chi connectivity index (χ4v) is 2.69. The smallest absolute Gasteiger partial charge is 0.172 e. The van der Waals surface area contributed by atoms with E-state index in [9.17, 15) is 0 Å². The summed E-state index contributed by atoms with van der Waals surface area (Å²) in [7, 11) is 0. The van der Waals surface area contributed by atoms with Gasteiger partial charge in [-0.05, 0) is 48.5 Å². The molecule has 0 unspecified atom stereocenters. The van der Waals surface area contributed by atoms with Crippen LogP contribution in [-0.2, 0) is 0 Å². The van der Waals surface area contributed by atoms with E-state index in [4.69, 9.17) is 11.1 Å². The first-order chi connectivity index (χ1) is 14.2. The van der Waals surface area contributed by atoms with E-state index in [2.05, 4.69) is 24.9 Å². The largest absolute Gasteiger partial charge is 0.382 e. The van der Waals surface area contributed by atoms with Crippen molar-refractivity contribution in [2.75, 3.05) is 0 Å². The highest BCUT2D eigenvalue weighted by Crippen LogP contribution is 2.15. The van der Waals surface area contributed by atoms with Crippen LogP contribution < -0.4 is 5.73 Å². The van der Waals surface area contributed by atoms with Crippen LogP contribution in [0.3, 0.4) is 0 Å². The fourth-order valence-electron chi connectivity index (χ4n) is 2.69. The number of nitrogens with one attached hydrogen (secondary N) is 1. The topological polar surface area (TPSA) is 114 Å². The van der Waals surface area contributed by atoms with E-state index >= 15 is 0 Å². The average molecular weight is 379 g/mol. The van der Waals surface area contributed by atoms with Gasteiger partial charge in [0.05, 0.1) is 22.8 Å². The van der Waals surface area contributed by atoms with Crippen LogP contribution in [0.25, 0.3) is 22.8 Å². The van der Waals surface area contributed by atoms with E-state index in [-0.39, 0.29) is 11.7 Å². The van der Waals surface area contributed by atoms with Crippen molar-refractivity contribution < 1.29 is 0 Å². The molecule has 0 aliphatic carbocycles. The van der Waals surface area contributed by atoms with Gasteiger partial charge in [0.15, 0.2) is 11.7 Å². The number of hydrogen-bond donors (Lipinski definition) is 2. The number of nitrogens with zero attached hydrogens (tertiary/aromatic N) is 5. The summed E-state index contributed by atoms with van der Waals surface area (Å²) in [5.74, 6) is 0.0862. The second kappa shape index (κ2) is 8.18. The average Bonchev–Trinajstić information content (AvgIpc) is 2.80. The highest BCUT2D eigenvalue weighted by atomic mass is 15.0. The molecule has 4 aromatic heterocycles. The summed E-state index contributed by atoms with van der Waals surface area (Å²) in [6.07, 6.45) is 3.41. The summed E-state index contributed by atoms with van der Waals surface area (Å²) in [5.41, 5.74) is 9.80. The molecule has 0 saturated heterocycles. The SMILES string of the molecule is N=C(N=C(N)c1cccc(-c2ccccn2)n1)c1cccc(-c2ccccn2)n1. The number of amidine groups is 2. The molecule has 0 amide bonds. The maximum Gasteiger partial charge on any atom is 0.172 e. The predicted molar refractivity (Wildman–Crippen MR) is 112 cm³/mol. The molecule has 4 heterocycles. The van der Waals surface area contributed by atoms with E-state index in [1.54, 1.807) is 24.5 Å². The molecule has 0 spiro atoms. The van der Waals surface area contributed by atoms with Crippen molar-refractivity contribution in [1.29, 1.82) is 5.41 Å². The highest BCUT2D eigenvalue weighted by Gasteiger charge is 2.09. The molecule has 140 valence electrons. The summed E-state index contributed by atoms with van der Waals surface area (Å²) >= 11 is 0. The van der Waals surface area contributed by atoms with Crippen molar-refractivity contribution in [2.45, 2.75) is 0 Å². The quantitative estimate of drug-likeness (QED) is 0.417. The second-order valence-electron chi connectivity index (χ2n) is 6.09. The molecule has 4 aromatic rings. The summed E-state index contributed by atoms with van der Waals surface area (Å²) in [6, 6.07) is 22.0. The minimum atomic E-state index is -0.0506. The Kier molecular flexibility index (Phi) is 5.11. The van der Waals surface area contributed by atoms with Gasteiger partial charge < -0.3 is 5.73 Å². The molecule has 0 aliphatic heterocycles. The zero-order valence-electron chi connectivity index (χ0n) is 15.4. The molecule has 7 nitrogen and oxygen atoms in total. The normalized spacial score (nSPS) is 11.2. The monoisotopic (exact) mass is 379 g/mol. The van der Waals surface area contributed by atoms with E-state index in [0.717, 1.165) is 11.4 Å². The molecule has 0 fully saturated rings. The van der Waals surface area contributed by atoms with Crippen molar-refractivity contribution in [3.8, 4) is 22.8 Å². The molecular weight excluding hydrogens is 362 g/mol. The van der Waals surface area contributed by atoms with Gasteiger partial charge in [0.25, 0.3) is 0 Å². The Morgan fingerprint density at radius 2 is 1.17 bits per heavy atom. The predicted octanol–water partition coefficient (Wildman–Crippen LogP) is 3.33. The van der Waals surface area contributed by atoms with Gasteiger partial charge in [0.2, 0.25) is 0 Å². The van der Waals surface area contributed by atoms with E-state index < -0.39 is 0 Å². The van der Waals surface area contributed by atoms with Crippen LogP contribution in [0.1, 0.15) is 11.4 Å². The van der Waals surface area contributed by atoms with E-state index in [0.29, 0.717) is 22.8 Å². The number of rotatable bonds is 4. The minimum Gasteiger partial charge on any atom is -0.382 e. The molecule has 0 aliphatic rings. The molecule has 0 radical (unpaired) electrons. The maximum absolute atomic E-state index is 8.30. The molecule has 0 atom stereocenters. The van der Waals surface area contributed by atoms with Crippen LogP contribution in [0.2, 0.25) is 0 Å². The molecular formula is C22H17N7. The van der Waals surface area contributed by atoms with Crippen molar-refractivity contribution in [1.82, 2.24) is 19.9 Å². The zero-order valence-corrected chi connectivity index (χ0v) is 15.4. The van der Waals surface area contributed by atoms with Crippen molar-refractivity contribution in [2.24, 2.45) is 10.7 Å². The maximum atomic E-state index is 8.30. The van der Waals surface area contributed by atoms with Crippen LogP contribution in [-0.4, -0.2) is 31.6 Å². The van der Waals surface area contributed by atoms with Gasteiger partial charge in [-0.1, -0.05) is 24.3 Å². The molecule has 3 N–H and O–H groups in total. The zero-order chi connectivity index (χ0) is 20.1. The van der Waals surface area contributed by atoms with Crippen LogP contribution in [0.4, 0.5) is 0 Å². The van der Waals surface area contributed by atoms with E-state index in [1.807, 2.05) is 60.7 Å². The molecule has 7 heteroatoms. The van der Waals surface area contributed by atoms with Gasteiger partial charge in [-0.15, -0.1) is 0 Å². The molecule has 29 heavy (non-hydrogen) atoms. The number of aliphatic imine (C=N–C) groups is 1. The Morgan fingerprint density at radius 3 is 1.72 bits per heavy atom. The van der Waals surface area contributed by atoms with Gasteiger partial charge in [-0.3, -0.25) is 15.4 Å². The summed E-state index contributed by atoms with van der Waals surface area (Å²) in [4.78, 5) is 21.8. The molecule has 0 aromatic carbocycles. The summed E-state index contributed by atoms with van der Waals surface area (Å²) in [6.45, 7) is 0. The number of hydrogen-bond acceptors (Lipinski definition) is 5. The lowest BCUT2D eigenvalue weighted by Crippen LogP contribution is -2.18. The first kappa shape index (κ1) is 18.1. The third-order valence-corrected chi connectivity index (χ3v) is 4.09. The number of nitrogens with two attached hydrogens (primary N) is 1. The van der Waals surface area contributed by atoms with E-state index in [1.165, 1.54) is 0 Å². The third-order valence-electron chi connectivity index (χ3n) is 4.09. The Morgan fingerprint density at radius 1 is 0.655 bits per heavy atom. The number of pyridine rings is 4.